The van der Waals surface area contributed by atoms with E-state index in [0.717, 1.165) is 28.3 Å². The van der Waals surface area contributed by atoms with E-state index in [4.69, 9.17) is 4.99 Å². The first-order valence-electron chi connectivity index (χ1n) is 8.12. The third-order valence-electron chi connectivity index (χ3n) is 4.00. The van der Waals surface area contributed by atoms with Crippen LogP contribution < -0.4 is 0 Å². The largest absolute Gasteiger partial charge is 0.390 e. The minimum absolute atomic E-state index is 0.0882. The van der Waals surface area contributed by atoms with Crippen molar-refractivity contribution in [3.63, 3.8) is 0 Å². The van der Waals surface area contributed by atoms with Crippen LogP contribution in [0.2, 0.25) is 0 Å². The lowest BCUT2D eigenvalue weighted by Gasteiger charge is -2.08. The van der Waals surface area contributed by atoms with E-state index in [0.29, 0.717) is 5.69 Å². The Kier molecular flexibility index (Phi) is 4.11. The zero-order valence-electron chi connectivity index (χ0n) is 13.6. The first-order chi connectivity index (χ1) is 12.3. The summed E-state index contributed by atoms with van der Waals surface area (Å²) in [6.07, 6.45) is 1.82. The number of aliphatic hydroxyl groups excluding tert-OH is 1. The number of imidazole rings is 1. The molecule has 4 aromatic rings. The summed E-state index contributed by atoms with van der Waals surface area (Å²) < 4.78 is 1.90. The van der Waals surface area contributed by atoms with Gasteiger partial charge in [-0.25, -0.2) is 9.98 Å². The molecule has 4 heteroatoms. The van der Waals surface area contributed by atoms with Gasteiger partial charge in [-0.1, -0.05) is 66.7 Å². The number of aliphatic hydroxyl groups is 1. The summed E-state index contributed by atoms with van der Waals surface area (Å²) in [5, 5.41) is 9.36. The molecular weight excluding hydrogens is 310 g/mol. The van der Waals surface area contributed by atoms with Crippen LogP contribution in [0, 0.1) is 0 Å². The molecule has 0 aliphatic heterocycles. The van der Waals surface area contributed by atoms with Gasteiger partial charge in [0.05, 0.1) is 18.0 Å². The standard InChI is InChI=1S/C21H17N3O/c25-15-18-14-24-19(22-18)12-7-13-20(24)23-21(16-8-3-1-4-9-16)17-10-5-2-6-11-17/h1-14,25H,15H2. The number of hydrogen-bond acceptors (Lipinski definition) is 3. The predicted molar refractivity (Wildman–Crippen MR) is 99.3 cm³/mol. The molecule has 25 heavy (non-hydrogen) atoms. The van der Waals surface area contributed by atoms with Crippen molar-refractivity contribution in [2.75, 3.05) is 0 Å². The fourth-order valence-electron chi connectivity index (χ4n) is 2.82. The smallest absolute Gasteiger partial charge is 0.139 e. The van der Waals surface area contributed by atoms with Gasteiger partial charge in [0.1, 0.15) is 11.5 Å². The van der Waals surface area contributed by atoms with Crippen molar-refractivity contribution >= 4 is 17.2 Å². The van der Waals surface area contributed by atoms with Crippen LogP contribution in [-0.2, 0) is 6.61 Å². The number of hydrogen-bond donors (Lipinski definition) is 1. The van der Waals surface area contributed by atoms with Gasteiger partial charge in [-0.05, 0) is 12.1 Å². The van der Waals surface area contributed by atoms with Crippen LogP contribution in [-0.4, -0.2) is 20.2 Å². The summed E-state index contributed by atoms with van der Waals surface area (Å²) in [7, 11) is 0. The lowest BCUT2D eigenvalue weighted by atomic mass is 10.0. The van der Waals surface area contributed by atoms with E-state index in [9.17, 15) is 5.11 Å². The van der Waals surface area contributed by atoms with Crippen LogP contribution in [0.5, 0.6) is 0 Å². The maximum Gasteiger partial charge on any atom is 0.139 e. The van der Waals surface area contributed by atoms with Crippen molar-refractivity contribution in [3.8, 4) is 0 Å². The number of rotatable bonds is 4. The third kappa shape index (κ3) is 3.07. The number of aliphatic imine (C=N–C) groups is 1. The van der Waals surface area contributed by atoms with Crippen LogP contribution in [0.4, 0.5) is 5.82 Å². The van der Waals surface area contributed by atoms with E-state index in [1.807, 2.05) is 65.2 Å². The molecule has 1 N–H and O–H groups in total. The van der Waals surface area contributed by atoms with Crippen molar-refractivity contribution in [1.29, 1.82) is 0 Å². The van der Waals surface area contributed by atoms with Gasteiger partial charge in [0, 0.05) is 17.3 Å². The highest BCUT2D eigenvalue weighted by Gasteiger charge is 2.09. The first-order valence-corrected chi connectivity index (χ1v) is 8.12. The minimum Gasteiger partial charge on any atom is -0.390 e. The normalized spacial score (nSPS) is 10.8. The second kappa shape index (κ2) is 6.71. The molecule has 0 aliphatic rings. The van der Waals surface area contributed by atoms with Gasteiger partial charge >= 0.3 is 0 Å². The minimum atomic E-state index is -0.0882. The second-order valence-corrected chi connectivity index (χ2v) is 5.69. The summed E-state index contributed by atoms with van der Waals surface area (Å²) in [5.74, 6) is 0.771. The molecule has 0 unspecified atom stereocenters. The van der Waals surface area contributed by atoms with E-state index in [-0.39, 0.29) is 6.61 Å². The molecule has 4 rings (SSSR count). The van der Waals surface area contributed by atoms with Crippen LogP contribution in [0.15, 0.2) is 90.1 Å². The molecule has 2 aromatic carbocycles. The summed E-state index contributed by atoms with van der Waals surface area (Å²) in [6, 6.07) is 26.0. The quantitative estimate of drug-likeness (QED) is 0.576. The average molecular weight is 327 g/mol. The van der Waals surface area contributed by atoms with E-state index < -0.39 is 0 Å². The Balaban J connectivity index is 1.92. The fraction of sp³-hybridized carbons (Fsp3) is 0.0476. The number of fused-ring (bicyclic) bond motifs is 1. The summed E-state index contributed by atoms with van der Waals surface area (Å²) in [5.41, 5.74) is 4.39. The number of pyridine rings is 1. The molecular formula is C21H17N3O. The Morgan fingerprint density at radius 2 is 1.48 bits per heavy atom. The molecule has 0 saturated carbocycles. The Hall–Kier alpha value is -3.24. The van der Waals surface area contributed by atoms with Crippen molar-refractivity contribution in [1.82, 2.24) is 9.38 Å². The highest BCUT2D eigenvalue weighted by molar-refractivity contribution is 6.13. The van der Waals surface area contributed by atoms with E-state index in [1.54, 1.807) is 0 Å². The number of nitrogens with zero attached hydrogens (tertiary/aromatic N) is 3. The summed E-state index contributed by atoms with van der Waals surface area (Å²) in [6.45, 7) is -0.0882. The van der Waals surface area contributed by atoms with Crippen molar-refractivity contribution in [3.05, 3.63) is 102 Å². The Labute approximate surface area is 145 Å². The molecule has 0 radical (unpaired) electrons. The predicted octanol–water partition coefficient (Wildman–Crippen LogP) is 4.00. The molecule has 4 nitrogen and oxygen atoms in total. The SMILES string of the molecule is OCc1cn2c(N=C(c3ccccc3)c3ccccc3)cccc2n1. The van der Waals surface area contributed by atoms with Crippen LogP contribution in [0.1, 0.15) is 16.8 Å². The van der Waals surface area contributed by atoms with E-state index in [1.165, 1.54) is 0 Å². The molecule has 0 saturated heterocycles. The first kappa shape index (κ1) is 15.3. The molecule has 2 heterocycles. The second-order valence-electron chi connectivity index (χ2n) is 5.69. The lowest BCUT2D eigenvalue weighted by Crippen LogP contribution is -2.03. The monoisotopic (exact) mass is 327 g/mol. The van der Waals surface area contributed by atoms with E-state index in [2.05, 4.69) is 29.2 Å². The average Bonchev–Trinajstić information content (AvgIpc) is 3.11. The molecule has 0 spiro atoms. The van der Waals surface area contributed by atoms with Gasteiger partial charge in [-0.3, -0.25) is 4.40 Å². The molecule has 122 valence electrons. The number of aromatic nitrogens is 2. The Morgan fingerprint density at radius 3 is 2.08 bits per heavy atom. The van der Waals surface area contributed by atoms with E-state index >= 15 is 0 Å². The maximum atomic E-state index is 9.36. The van der Waals surface area contributed by atoms with Crippen molar-refractivity contribution in [2.24, 2.45) is 4.99 Å². The zero-order chi connectivity index (χ0) is 17.1. The zero-order valence-corrected chi connectivity index (χ0v) is 13.6. The molecule has 0 aliphatic carbocycles. The van der Waals surface area contributed by atoms with Gasteiger partial charge in [0.2, 0.25) is 0 Å². The van der Waals surface area contributed by atoms with Crippen molar-refractivity contribution in [2.45, 2.75) is 6.61 Å². The fourth-order valence-corrected chi connectivity index (χ4v) is 2.82. The molecule has 0 bridgehead atoms. The number of benzene rings is 2. The maximum absolute atomic E-state index is 9.36. The van der Waals surface area contributed by atoms with Crippen LogP contribution in [0.25, 0.3) is 5.65 Å². The third-order valence-corrected chi connectivity index (χ3v) is 4.00. The Morgan fingerprint density at radius 1 is 0.840 bits per heavy atom. The van der Waals surface area contributed by atoms with Gasteiger partial charge in [-0.15, -0.1) is 0 Å². The topological polar surface area (TPSA) is 49.9 Å². The lowest BCUT2D eigenvalue weighted by molar-refractivity contribution is 0.277. The Bertz CT molecular complexity index is 979. The van der Waals surface area contributed by atoms with Gasteiger partial charge in [0.15, 0.2) is 0 Å². The summed E-state index contributed by atoms with van der Waals surface area (Å²) in [4.78, 5) is 9.32. The van der Waals surface area contributed by atoms with Crippen molar-refractivity contribution < 1.29 is 5.11 Å². The van der Waals surface area contributed by atoms with Crippen LogP contribution >= 0.6 is 0 Å². The molecule has 0 fully saturated rings. The molecule has 0 atom stereocenters. The molecule has 2 aromatic heterocycles. The van der Waals surface area contributed by atoms with Gasteiger partial charge in [0.25, 0.3) is 0 Å². The highest BCUT2D eigenvalue weighted by atomic mass is 16.3. The van der Waals surface area contributed by atoms with Crippen LogP contribution in [0.3, 0.4) is 0 Å². The molecule has 0 amide bonds. The van der Waals surface area contributed by atoms with Gasteiger partial charge in [-0.2, -0.15) is 0 Å². The highest BCUT2D eigenvalue weighted by Crippen LogP contribution is 2.20. The van der Waals surface area contributed by atoms with Gasteiger partial charge < -0.3 is 5.11 Å². The summed E-state index contributed by atoms with van der Waals surface area (Å²) >= 11 is 0.